The van der Waals surface area contributed by atoms with Gasteiger partial charge in [-0.05, 0) is 29.5 Å². The van der Waals surface area contributed by atoms with Crippen LogP contribution in [0.3, 0.4) is 0 Å². The molecule has 7 heteroatoms. The Bertz CT molecular complexity index is 629. The van der Waals surface area contributed by atoms with Crippen LogP contribution in [0.15, 0.2) is 29.2 Å². The van der Waals surface area contributed by atoms with E-state index < -0.39 is 0 Å². The summed E-state index contributed by atoms with van der Waals surface area (Å²) >= 11 is 7.05. The number of carbonyl (C=O) groups excluding carboxylic acids is 2. The van der Waals surface area contributed by atoms with Gasteiger partial charge in [0, 0.05) is 18.1 Å². The number of ether oxygens (including phenoxy) is 1. The Morgan fingerprint density at radius 2 is 1.95 bits per heavy atom. The smallest absolute Gasteiger partial charge is 0.294 e. The molecule has 0 unspecified atom stereocenters. The van der Waals surface area contributed by atoms with Gasteiger partial charge in [0.15, 0.2) is 0 Å². The number of carbonyl (C=O) groups is 2. The van der Waals surface area contributed by atoms with Crippen LogP contribution in [0.2, 0.25) is 5.02 Å². The van der Waals surface area contributed by atoms with Gasteiger partial charge in [-0.2, -0.15) is 0 Å². The molecule has 2 saturated heterocycles. The van der Waals surface area contributed by atoms with Crippen LogP contribution in [-0.2, 0) is 9.53 Å². The lowest BCUT2D eigenvalue weighted by Crippen LogP contribution is -2.45. The molecule has 22 heavy (non-hydrogen) atoms. The molecule has 0 atom stereocenters. The van der Waals surface area contributed by atoms with E-state index in [4.69, 9.17) is 16.3 Å². The maximum atomic E-state index is 12.4. The first kappa shape index (κ1) is 15.6. The molecule has 0 aromatic heterocycles. The van der Waals surface area contributed by atoms with Gasteiger partial charge in [-0.15, -0.1) is 0 Å². The molecule has 5 nitrogen and oxygen atoms in total. The molecule has 2 aliphatic rings. The van der Waals surface area contributed by atoms with Crippen molar-refractivity contribution in [3.8, 4) is 0 Å². The van der Waals surface area contributed by atoms with Crippen molar-refractivity contribution in [1.82, 2.24) is 9.80 Å². The standard InChI is InChI=1S/C15H15ClN2O3S/c16-12-4-2-1-3-11(12)9-13-14(19)18(15(20)22-13)10-17-5-7-21-8-6-17/h1-4,9H,5-8,10H2/b13-9-. The Morgan fingerprint density at radius 1 is 1.23 bits per heavy atom. The molecule has 0 N–H and O–H groups in total. The van der Waals surface area contributed by atoms with Crippen LogP contribution < -0.4 is 0 Å². The summed E-state index contributed by atoms with van der Waals surface area (Å²) in [5.74, 6) is -0.263. The quantitative estimate of drug-likeness (QED) is 0.793. The molecule has 0 radical (unpaired) electrons. The van der Waals surface area contributed by atoms with E-state index in [1.807, 2.05) is 23.1 Å². The molecule has 0 saturated carbocycles. The largest absolute Gasteiger partial charge is 0.379 e. The molecule has 2 heterocycles. The van der Waals surface area contributed by atoms with Crippen molar-refractivity contribution < 1.29 is 14.3 Å². The summed E-state index contributed by atoms with van der Waals surface area (Å²) in [5.41, 5.74) is 0.737. The minimum Gasteiger partial charge on any atom is -0.379 e. The number of hydrogen-bond donors (Lipinski definition) is 0. The van der Waals surface area contributed by atoms with E-state index in [1.54, 1.807) is 12.1 Å². The predicted molar refractivity (Wildman–Crippen MR) is 86.5 cm³/mol. The van der Waals surface area contributed by atoms with Gasteiger partial charge in [0.2, 0.25) is 0 Å². The molecule has 0 bridgehead atoms. The molecular formula is C15H15ClN2O3S. The summed E-state index contributed by atoms with van der Waals surface area (Å²) < 4.78 is 5.27. The van der Waals surface area contributed by atoms with Crippen molar-refractivity contribution >= 4 is 40.6 Å². The van der Waals surface area contributed by atoms with Crippen LogP contribution in [0.1, 0.15) is 5.56 Å². The minimum atomic E-state index is -0.263. The third-order valence-electron chi connectivity index (χ3n) is 3.51. The lowest BCUT2D eigenvalue weighted by Gasteiger charge is -2.29. The van der Waals surface area contributed by atoms with Crippen LogP contribution in [0, 0.1) is 0 Å². The number of halogens is 1. The lowest BCUT2D eigenvalue weighted by atomic mass is 10.2. The summed E-state index contributed by atoms with van der Waals surface area (Å²) in [6.45, 7) is 3.03. The molecule has 116 valence electrons. The number of amides is 2. The van der Waals surface area contributed by atoms with Crippen molar-refractivity contribution in [1.29, 1.82) is 0 Å². The second-order valence-electron chi connectivity index (χ2n) is 5.00. The first-order valence-electron chi connectivity index (χ1n) is 6.95. The van der Waals surface area contributed by atoms with Crippen LogP contribution in [-0.4, -0.2) is 53.9 Å². The molecule has 0 aliphatic carbocycles. The van der Waals surface area contributed by atoms with E-state index in [1.165, 1.54) is 4.90 Å². The fourth-order valence-corrected chi connectivity index (χ4v) is 3.31. The van der Waals surface area contributed by atoms with Crippen molar-refractivity contribution in [2.75, 3.05) is 33.0 Å². The highest BCUT2D eigenvalue weighted by Crippen LogP contribution is 2.33. The summed E-state index contributed by atoms with van der Waals surface area (Å²) in [6, 6.07) is 7.24. The molecule has 2 fully saturated rings. The zero-order valence-electron chi connectivity index (χ0n) is 11.8. The third-order valence-corrected chi connectivity index (χ3v) is 4.76. The van der Waals surface area contributed by atoms with E-state index in [2.05, 4.69) is 0 Å². The topological polar surface area (TPSA) is 49.9 Å². The van der Waals surface area contributed by atoms with Gasteiger partial charge in [-0.3, -0.25) is 19.4 Å². The fraction of sp³-hybridized carbons (Fsp3) is 0.333. The summed E-state index contributed by atoms with van der Waals surface area (Å²) in [7, 11) is 0. The Labute approximate surface area is 137 Å². The van der Waals surface area contributed by atoms with Crippen molar-refractivity contribution in [3.05, 3.63) is 39.8 Å². The van der Waals surface area contributed by atoms with Gasteiger partial charge in [0.25, 0.3) is 11.1 Å². The Kier molecular flexibility index (Phi) is 4.83. The normalized spacial score (nSPS) is 21.9. The average molecular weight is 339 g/mol. The number of nitrogens with zero attached hydrogens (tertiary/aromatic N) is 2. The Hall–Kier alpha value is -1.34. The second-order valence-corrected chi connectivity index (χ2v) is 6.40. The van der Waals surface area contributed by atoms with Crippen molar-refractivity contribution in [2.45, 2.75) is 0 Å². The first-order chi connectivity index (χ1) is 10.6. The van der Waals surface area contributed by atoms with E-state index in [-0.39, 0.29) is 11.1 Å². The number of rotatable bonds is 3. The maximum Gasteiger partial charge on any atom is 0.294 e. The summed E-state index contributed by atoms with van der Waals surface area (Å²) in [4.78, 5) is 28.2. The van der Waals surface area contributed by atoms with Gasteiger partial charge in [0.1, 0.15) is 0 Å². The second kappa shape index (κ2) is 6.83. The van der Waals surface area contributed by atoms with Gasteiger partial charge in [0.05, 0.1) is 24.8 Å². The van der Waals surface area contributed by atoms with Gasteiger partial charge in [-0.25, -0.2) is 0 Å². The molecule has 2 aliphatic heterocycles. The highest BCUT2D eigenvalue weighted by atomic mass is 35.5. The zero-order valence-corrected chi connectivity index (χ0v) is 13.4. The summed E-state index contributed by atoms with van der Waals surface area (Å²) in [5, 5.41) is 0.317. The molecular weight excluding hydrogens is 324 g/mol. The van der Waals surface area contributed by atoms with Crippen LogP contribution >= 0.6 is 23.4 Å². The third kappa shape index (κ3) is 3.35. The number of thioether (sulfide) groups is 1. The van der Waals surface area contributed by atoms with Gasteiger partial charge >= 0.3 is 0 Å². The van der Waals surface area contributed by atoms with Gasteiger partial charge < -0.3 is 4.74 Å². The molecule has 2 amide bonds. The van der Waals surface area contributed by atoms with Crippen LogP contribution in [0.25, 0.3) is 6.08 Å². The van der Waals surface area contributed by atoms with Crippen molar-refractivity contribution in [2.24, 2.45) is 0 Å². The molecule has 3 rings (SSSR count). The summed E-state index contributed by atoms with van der Waals surface area (Å²) in [6.07, 6.45) is 1.67. The molecule has 1 aromatic rings. The maximum absolute atomic E-state index is 12.4. The van der Waals surface area contributed by atoms with Crippen LogP contribution in [0.4, 0.5) is 4.79 Å². The SMILES string of the molecule is O=C1S/C(=C\c2ccccc2Cl)C(=O)N1CN1CCOCC1. The Morgan fingerprint density at radius 3 is 2.68 bits per heavy atom. The Balaban J connectivity index is 1.75. The van der Waals surface area contributed by atoms with E-state index >= 15 is 0 Å². The van der Waals surface area contributed by atoms with Gasteiger partial charge in [-0.1, -0.05) is 29.8 Å². The van der Waals surface area contributed by atoms with E-state index in [9.17, 15) is 9.59 Å². The number of imide groups is 1. The van der Waals surface area contributed by atoms with E-state index in [0.717, 1.165) is 30.4 Å². The molecule has 1 aromatic carbocycles. The first-order valence-corrected chi connectivity index (χ1v) is 8.14. The lowest BCUT2D eigenvalue weighted by molar-refractivity contribution is -0.125. The number of morpholine rings is 1. The minimum absolute atomic E-state index is 0.241. The highest BCUT2D eigenvalue weighted by molar-refractivity contribution is 8.18. The van der Waals surface area contributed by atoms with Crippen molar-refractivity contribution in [3.63, 3.8) is 0 Å². The monoisotopic (exact) mass is 338 g/mol. The highest BCUT2D eigenvalue weighted by Gasteiger charge is 2.36. The van der Waals surface area contributed by atoms with E-state index in [0.29, 0.717) is 29.8 Å². The zero-order chi connectivity index (χ0) is 15.5. The average Bonchev–Trinajstić information content (AvgIpc) is 2.78. The fourth-order valence-electron chi connectivity index (χ4n) is 2.30. The number of hydrogen-bond acceptors (Lipinski definition) is 5. The predicted octanol–water partition coefficient (Wildman–Crippen LogP) is 2.67. The number of benzene rings is 1. The van der Waals surface area contributed by atoms with Crippen LogP contribution in [0.5, 0.6) is 0 Å². The molecule has 0 spiro atoms.